The van der Waals surface area contributed by atoms with E-state index in [1.807, 2.05) is 0 Å². The molecule has 0 aliphatic rings. The first-order chi connectivity index (χ1) is 23.4. The van der Waals surface area contributed by atoms with E-state index in [2.05, 4.69) is 43.5 Å². The van der Waals surface area contributed by atoms with E-state index in [0.29, 0.717) is 32.2 Å². The first-order valence-electron chi connectivity index (χ1n) is 20.2. The van der Waals surface area contributed by atoms with E-state index >= 15 is 0 Å². The SMILES string of the molecule is CCCCCCC/C=C\C/C=C\CCCC(CCCCCCCC(=O)NC(CCCN)C(=O)O)OC(=O)CCCCCCCCCCC. The van der Waals surface area contributed by atoms with Gasteiger partial charge in [-0.15, -0.1) is 0 Å². The maximum Gasteiger partial charge on any atom is 0.326 e. The minimum Gasteiger partial charge on any atom is -0.480 e. The van der Waals surface area contributed by atoms with Gasteiger partial charge in [0.2, 0.25) is 5.91 Å². The molecule has 280 valence electrons. The van der Waals surface area contributed by atoms with Crippen LogP contribution in [0.25, 0.3) is 0 Å². The second-order valence-electron chi connectivity index (χ2n) is 13.7. The van der Waals surface area contributed by atoms with Crippen LogP contribution in [0, 0.1) is 0 Å². The molecule has 7 nitrogen and oxygen atoms in total. The maximum atomic E-state index is 12.7. The van der Waals surface area contributed by atoms with Crippen molar-refractivity contribution in [1.29, 1.82) is 0 Å². The number of allylic oxidation sites excluding steroid dienone is 4. The number of amides is 1. The van der Waals surface area contributed by atoms with Crippen molar-refractivity contribution >= 4 is 17.8 Å². The Hall–Kier alpha value is -2.15. The number of carbonyl (C=O) groups is 3. The fourth-order valence-electron chi connectivity index (χ4n) is 5.96. The average Bonchev–Trinajstić information content (AvgIpc) is 3.07. The normalized spacial score (nSPS) is 12.9. The van der Waals surface area contributed by atoms with E-state index in [-0.39, 0.29) is 18.0 Å². The highest BCUT2D eigenvalue weighted by molar-refractivity contribution is 5.83. The van der Waals surface area contributed by atoms with Gasteiger partial charge < -0.3 is 20.9 Å². The number of ether oxygens (including phenoxy) is 1. The number of esters is 1. The highest BCUT2D eigenvalue weighted by Crippen LogP contribution is 2.18. The summed E-state index contributed by atoms with van der Waals surface area (Å²) in [6.07, 6.45) is 39.3. The maximum absolute atomic E-state index is 12.7. The van der Waals surface area contributed by atoms with Crippen LogP contribution in [0.1, 0.15) is 200 Å². The van der Waals surface area contributed by atoms with Crippen molar-refractivity contribution in [2.45, 2.75) is 212 Å². The summed E-state index contributed by atoms with van der Waals surface area (Å²) in [7, 11) is 0. The monoisotopic (exact) mass is 677 g/mol. The molecule has 0 bridgehead atoms. The molecule has 0 saturated heterocycles. The summed E-state index contributed by atoms with van der Waals surface area (Å²) < 4.78 is 5.99. The molecule has 0 saturated carbocycles. The van der Waals surface area contributed by atoms with E-state index in [0.717, 1.165) is 77.0 Å². The largest absolute Gasteiger partial charge is 0.480 e. The van der Waals surface area contributed by atoms with E-state index in [9.17, 15) is 19.5 Å². The molecule has 2 unspecified atom stereocenters. The number of carboxylic acids is 1. The molecule has 0 radical (unpaired) electrons. The van der Waals surface area contributed by atoms with Crippen molar-refractivity contribution in [3.63, 3.8) is 0 Å². The van der Waals surface area contributed by atoms with Gasteiger partial charge in [0, 0.05) is 12.8 Å². The van der Waals surface area contributed by atoms with Gasteiger partial charge in [0.15, 0.2) is 0 Å². The number of carbonyl (C=O) groups excluding carboxylic acids is 2. The van der Waals surface area contributed by atoms with Gasteiger partial charge in [0.05, 0.1) is 0 Å². The number of aliphatic carboxylic acids is 1. The van der Waals surface area contributed by atoms with Crippen LogP contribution >= 0.6 is 0 Å². The van der Waals surface area contributed by atoms with Crippen LogP contribution in [0.15, 0.2) is 24.3 Å². The highest BCUT2D eigenvalue weighted by Gasteiger charge is 2.19. The number of unbranched alkanes of at least 4 members (excludes halogenated alkanes) is 18. The molecule has 0 fully saturated rings. The van der Waals surface area contributed by atoms with E-state index in [4.69, 9.17) is 10.5 Å². The zero-order valence-corrected chi connectivity index (χ0v) is 31.3. The summed E-state index contributed by atoms with van der Waals surface area (Å²) in [4.78, 5) is 36.2. The Labute approximate surface area is 295 Å². The molecule has 4 N–H and O–H groups in total. The van der Waals surface area contributed by atoms with Crippen molar-refractivity contribution in [3.8, 4) is 0 Å². The van der Waals surface area contributed by atoms with E-state index < -0.39 is 12.0 Å². The van der Waals surface area contributed by atoms with Crippen LogP contribution in [0.3, 0.4) is 0 Å². The summed E-state index contributed by atoms with van der Waals surface area (Å²) in [6, 6.07) is -0.858. The van der Waals surface area contributed by atoms with Gasteiger partial charge in [0.1, 0.15) is 12.1 Å². The lowest BCUT2D eigenvalue weighted by Crippen LogP contribution is -2.40. The second-order valence-corrected chi connectivity index (χ2v) is 13.7. The standard InChI is InChI=1S/C41H76N2O5/c1-3-5-7-9-11-13-14-15-16-18-19-22-26-31-37(48-40(45)35-29-25-20-17-12-10-8-6-4-2)32-27-23-21-24-28-34-39(44)43-38(41(46)47)33-30-36-42/h14-15,18-19,37-38H,3-13,16-17,20-36,42H2,1-2H3,(H,43,44)(H,46,47)/b15-14-,19-18-. The molecule has 0 aliphatic carbocycles. The molecule has 0 spiro atoms. The molecule has 1 amide bonds. The second kappa shape index (κ2) is 36.1. The average molecular weight is 677 g/mol. The lowest BCUT2D eigenvalue weighted by Gasteiger charge is -2.18. The topological polar surface area (TPSA) is 119 Å². The molecule has 0 aliphatic heterocycles. The quantitative estimate of drug-likeness (QED) is 0.0345. The Morgan fingerprint density at radius 1 is 0.604 bits per heavy atom. The zero-order chi connectivity index (χ0) is 35.3. The smallest absolute Gasteiger partial charge is 0.326 e. The fraction of sp³-hybridized carbons (Fsp3) is 0.829. The van der Waals surface area contributed by atoms with Gasteiger partial charge in [-0.1, -0.05) is 134 Å². The predicted octanol–water partition coefficient (Wildman–Crippen LogP) is 10.9. The summed E-state index contributed by atoms with van der Waals surface area (Å²) in [5.41, 5.74) is 5.47. The highest BCUT2D eigenvalue weighted by atomic mass is 16.5. The molecular formula is C41H76N2O5. The first kappa shape index (κ1) is 45.9. The minimum atomic E-state index is -1.01. The lowest BCUT2D eigenvalue weighted by atomic mass is 10.0. The molecule has 7 heteroatoms. The van der Waals surface area contributed by atoms with Crippen LogP contribution < -0.4 is 11.1 Å². The first-order valence-corrected chi connectivity index (χ1v) is 20.2. The Kier molecular flexibility index (Phi) is 34.5. The molecule has 2 atom stereocenters. The summed E-state index contributed by atoms with van der Waals surface area (Å²) in [5.74, 6) is -1.26. The molecular weight excluding hydrogens is 600 g/mol. The number of nitrogens with one attached hydrogen (secondary N) is 1. The minimum absolute atomic E-state index is 0.0238. The van der Waals surface area contributed by atoms with E-state index in [1.165, 1.54) is 83.5 Å². The van der Waals surface area contributed by atoms with Crippen LogP contribution in [-0.2, 0) is 19.1 Å². The molecule has 0 aromatic rings. The summed E-state index contributed by atoms with van der Waals surface area (Å²) >= 11 is 0. The van der Waals surface area contributed by atoms with Crippen LogP contribution in [0.5, 0.6) is 0 Å². The molecule has 0 aromatic heterocycles. The van der Waals surface area contributed by atoms with Crippen LogP contribution in [-0.4, -0.2) is 41.6 Å². The number of carboxylic acid groups (broad SMARTS) is 1. The third kappa shape index (κ3) is 32.4. The Morgan fingerprint density at radius 2 is 1.10 bits per heavy atom. The van der Waals surface area contributed by atoms with Gasteiger partial charge in [-0.3, -0.25) is 9.59 Å². The van der Waals surface area contributed by atoms with Gasteiger partial charge in [-0.2, -0.15) is 0 Å². The van der Waals surface area contributed by atoms with Crippen LogP contribution in [0.2, 0.25) is 0 Å². The fourth-order valence-corrected chi connectivity index (χ4v) is 5.96. The number of rotatable bonds is 36. The molecule has 0 rings (SSSR count). The number of hydrogen-bond donors (Lipinski definition) is 3. The Balaban J connectivity index is 4.40. The Morgan fingerprint density at radius 3 is 1.69 bits per heavy atom. The zero-order valence-electron chi connectivity index (χ0n) is 31.3. The van der Waals surface area contributed by atoms with Crippen molar-refractivity contribution < 1.29 is 24.2 Å². The van der Waals surface area contributed by atoms with Crippen molar-refractivity contribution in [2.24, 2.45) is 5.73 Å². The molecule has 48 heavy (non-hydrogen) atoms. The summed E-state index contributed by atoms with van der Waals surface area (Å²) in [6.45, 7) is 4.91. The third-order valence-electron chi connectivity index (χ3n) is 9.02. The predicted molar refractivity (Wildman–Crippen MR) is 202 cm³/mol. The van der Waals surface area contributed by atoms with Gasteiger partial charge in [-0.25, -0.2) is 4.79 Å². The third-order valence-corrected chi connectivity index (χ3v) is 9.02. The molecule has 0 heterocycles. The van der Waals surface area contributed by atoms with Gasteiger partial charge in [0.25, 0.3) is 0 Å². The van der Waals surface area contributed by atoms with Crippen molar-refractivity contribution in [2.75, 3.05) is 6.54 Å². The van der Waals surface area contributed by atoms with Crippen LogP contribution in [0.4, 0.5) is 0 Å². The van der Waals surface area contributed by atoms with E-state index in [1.54, 1.807) is 0 Å². The van der Waals surface area contributed by atoms with Crippen molar-refractivity contribution in [1.82, 2.24) is 5.32 Å². The van der Waals surface area contributed by atoms with Crippen molar-refractivity contribution in [3.05, 3.63) is 24.3 Å². The number of hydrogen-bond acceptors (Lipinski definition) is 5. The van der Waals surface area contributed by atoms with Gasteiger partial charge >= 0.3 is 11.9 Å². The number of nitrogens with two attached hydrogens (primary N) is 1. The van der Waals surface area contributed by atoms with Gasteiger partial charge in [-0.05, 0) is 83.6 Å². The summed E-state index contributed by atoms with van der Waals surface area (Å²) in [5, 5.41) is 11.9. The molecule has 0 aromatic carbocycles. The lowest BCUT2D eigenvalue weighted by molar-refractivity contribution is -0.150. The Bertz CT molecular complexity index is 813.